The van der Waals surface area contributed by atoms with Gasteiger partial charge in [-0.1, -0.05) is 35.8 Å². The Labute approximate surface area is 138 Å². The first-order valence-electron chi connectivity index (χ1n) is 7.70. The largest absolute Gasteiger partial charge is 0.383 e. The van der Waals surface area contributed by atoms with E-state index in [-0.39, 0.29) is 0 Å². The Morgan fingerprint density at radius 3 is 2.48 bits per heavy atom. The maximum absolute atomic E-state index is 5.04. The fourth-order valence-corrected chi connectivity index (χ4v) is 2.77. The number of hydrogen-bond acceptors (Lipinski definition) is 3. The fourth-order valence-electron chi connectivity index (χ4n) is 2.26. The zero-order chi connectivity index (χ0) is 15.8. The Hall–Kier alpha value is -0.580. The molecular weight excluding hydrogens is 328 g/mol. The van der Waals surface area contributed by atoms with E-state index in [4.69, 9.17) is 4.74 Å². The van der Waals surface area contributed by atoms with Gasteiger partial charge in [-0.05, 0) is 37.5 Å². The molecule has 0 aromatic heterocycles. The standard InChI is InChI=1S/C17H29BrN2O/c1-13(2)12-20(14(3)4)16-7-6-15(17(18)10-16)11-19-8-9-21-5/h6-7,10,13-14,19H,8-9,11-12H2,1-5H3. The molecule has 0 amide bonds. The molecule has 0 aliphatic rings. The zero-order valence-electron chi connectivity index (χ0n) is 13.9. The molecule has 1 rings (SSSR count). The van der Waals surface area contributed by atoms with Crippen molar-refractivity contribution in [2.75, 3.05) is 31.7 Å². The third-order valence-electron chi connectivity index (χ3n) is 3.35. The Balaban J connectivity index is 2.75. The van der Waals surface area contributed by atoms with Crippen LogP contribution < -0.4 is 10.2 Å². The number of ether oxygens (including phenoxy) is 1. The van der Waals surface area contributed by atoms with Crippen molar-refractivity contribution in [1.82, 2.24) is 5.32 Å². The van der Waals surface area contributed by atoms with E-state index in [0.717, 1.165) is 26.2 Å². The second kappa shape index (κ2) is 9.44. The molecule has 3 nitrogen and oxygen atoms in total. The maximum Gasteiger partial charge on any atom is 0.0587 e. The van der Waals surface area contributed by atoms with Gasteiger partial charge in [0.05, 0.1) is 6.61 Å². The van der Waals surface area contributed by atoms with Gasteiger partial charge in [0.1, 0.15) is 0 Å². The first kappa shape index (κ1) is 18.5. The second-order valence-corrected chi connectivity index (χ2v) is 6.94. The number of nitrogens with zero attached hydrogens (tertiary/aromatic N) is 1. The molecule has 0 aliphatic heterocycles. The van der Waals surface area contributed by atoms with Crippen molar-refractivity contribution in [3.05, 3.63) is 28.2 Å². The van der Waals surface area contributed by atoms with Crippen molar-refractivity contribution in [3.63, 3.8) is 0 Å². The van der Waals surface area contributed by atoms with Crippen LogP contribution in [0.15, 0.2) is 22.7 Å². The third-order valence-corrected chi connectivity index (χ3v) is 4.09. The van der Waals surface area contributed by atoms with Gasteiger partial charge in [-0.2, -0.15) is 0 Å². The van der Waals surface area contributed by atoms with Gasteiger partial charge in [0.25, 0.3) is 0 Å². The topological polar surface area (TPSA) is 24.5 Å². The van der Waals surface area contributed by atoms with E-state index >= 15 is 0 Å². The lowest BCUT2D eigenvalue weighted by molar-refractivity contribution is 0.199. The highest BCUT2D eigenvalue weighted by molar-refractivity contribution is 9.10. The van der Waals surface area contributed by atoms with Gasteiger partial charge in [0, 0.05) is 42.9 Å². The molecular formula is C17H29BrN2O. The minimum absolute atomic E-state index is 0.505. The number of benzene rings is 1. The van der Waals surface area contributed by atoms with E-state index in [0.29, 0.717) is 12.0 Å². The summed E-state index contributed by atoms with van der Waals surface area (Å²) in [6.45, 7) is 12.6. The maximum atomic E-state index is 5.04. The molecule has 0 saturated heterocycles. The minimum Gasteiger partial charge on any atom is -0.383 e. The molecule has 1 N–H and O–H groups in total. The molecule has 0 radical (unpaired) electrons. The van der Waals surface area contributed by atoms with Crippen LogP contribution in [-0.4, -0.2) is 32.8 Å². The lowest BCUT2D eigenvalue weighted by Crippen LogP contribution is -2.34. The lowest BCUT2D eigenvalue weighted by atomic mass is 10.1. The van der Waals surface area contributed by atoms with E-state index < -0.39 is 0 Å². The molecule has 0 atom stereocenters. The van der Waals surface area contributed by atoms with E-state index in [1.807, 2.05) is 0 Å². The van der Waals surface area contributed by atoms with Gasteiger partial charge in [-0.25, -0.2) is 0 Å². The van der Waals surface area contributed by atoms with Crippen LogP contribution >= 0.6 is 15.9 Å². The molecule has 1 aromatic rings. The van der Waals surface area contributed by atoms with Gasteiger partial charge >= 0.3 is 0 Å². The molecule has 0 heterocycles. The van der Waals surface area contributed by atoms with Crippen molar-refractivity contribution in [1.29, 1.82) is 0 Å². The first-order chi connectivity index (χ1) is 9.95. The molecule has 21 heavy (non-hydrogen) atoms. The van der Waals surface area contributed by atoms with E-state index in [9.17, 15) is 0 Å². The third kappa shape index (κ3) is 6.37. The molecule has 0 bridgehead atoms. The molecule has 0 saturated carbocycles. The monoisotopic (exact) mass is 356 g/mol. The van der Waals surface area contributed by atoms with Crippen LogP contribution in [0.5, 0.6) is 0 Å². The number of methoxy groups -OCH3 is 1. The first-order valence-corrected chi connectivity index (χ1v) is 8.49. The normalized spacial score (nSPS) is 11.4. The number of rotatable bonds is 9. The summed E-state index contributed by atoms with van der Waals surface area (Å²) in [5, 5.41) is 3.38. The summed E-state index contributed by atoms with van der Waals surface area (Å²) in [5.74, 6) is 0.654. The van der Waals surface area contributed by atoms with Crippen LogP contribution in [0.25, 0.3) is 0 Å². The summed E-state index contributed by atoms with van der Waals surface area (Å²) in [4.78, 5) is 2.46. The van der Waals surface area contributed by atoms with Crippen LogP contribution in [0, 0.1) is 5.92 Å². The molecule has 120 valence electrons. The van der Waals surface area contributed by atoms with Crippen molar-refractivity contribution >= 4 is 21.6 Å². The molecule has 0 aliphatic carbocycles. The summed E-state index contributed by atoms with van der Waals surface area (Å²) in [6.07, 6.45) is 0. The van der Waals surface area contributed by atoms with Crippen molar-refractivity contribution in [2.24, 2.45) is 5.92 Å². The number of anilines is 1. The Kier molecular flexibility index (Phi) is 8.30. The SMILES string of the molecule is COCCNCc1ccc(N(CC(C)C)C(C)C)cc1Br. The van der Waals surface area contributed by atoms with Crippen molar-refractivity contribution in [3.8, 4) is 0 Å². The van der Waals surface area contributed by atoms with Crippen LogP contribution in [0.4, 0.5) is 5.69 Å². The molecule has 4 heteroatoms. The second-order valence-electron chi connectivity index (χ2n) is 6.09. The smallest absolute Gasteiger partial charge is 0.0587 e. The van der Waals surface area contributed by atoms with Crippen molar-refractivity contribution in [2.45, 2.75) is 40.3 Å². The van der Waals surface area contributed by atoms with Crippen LogP contribution in [0.1, 0.15) is 33.3 Å². The summed E-state index contributed by atoms with van der Waals surface area (Å²) >= 11 is 3.70. The van der Waals surface area contributed by atoms with Gasteiger partial charge in [-0.15, -0.1) is 0 Å². The molecule has 0 fully saturated rings. The predicted octanol–water partition coefficient (Wildman–Crippen LogP) is 4.06. The van der Waals surface area contributed by atoms with Gasteiger partial charge < -0.3 is 15.0 Å². The highest BCUT2D eigenvalue weighted by Gasteiger charge is 2.13. The molecule has 0 unspecified atom stereocenters. The van der Waals surface area contributed by atoms with Crippen LogP contribution in [0.2, 0.25) is 0 Å². The molecule has 0 spiro atoms. The quantitative estimate of drug-likeness (QED) is 0.675. The predicted molar refractivity (Wildman–Crippen MR) is 95.0 cm³/mol. The Bertz CT molecular complexity index is 421. The highest BCUT2D eigenvalue weighted by atomic mass is 79.9. The lowest BCUT2D eigenvalue weighted by Gasteiger charge is -2.31. The number of nitrogens with one attached hydrogen (secondary N) is 1. The zero-order valence-corrected chi connectivity index (χ0v) is 15.5. The molecule has 1 aromatic carbocycles. The summed E-state index contributed by atoms with van der Waals surface area (Å²) in [7, 11) is 1.72. The van der Waals surface area contributed by atoms with Gasteiger partial charge in [-0.3, -0.25) is 0 Å². The van der Waals surface area contributed by atoms with E-state index in [2.05, 4.69) is 72.0 Å². The average Bonchev–Trinajstić information content (AvgIpc) is 2.42. The Morgan fingerprint density at radius 2 is 1.95 bits per heavy atom. The summed E-state index contributed by atoms with van der Waals surface area (Å²) in [6, 6.07) is 7.16. The number of halogens is 1. The fraction of sp³-hybridized carbons (Fsp3) is 0.647. The summed E-state index contributed by atoms with van der Waals surface area (Å²) in [5.41, 5.74) is 2.56. The van der Waals surface area contributed by atoms with Gasteiger partial charge in [0.2, 0.25) is 0 Å². The average molecular weight is 357 g/mol. The summed E-state index contributed by atoms with van der Waals surface area (Å²) < 4.78 is 6.21. The van der Waals surface area contributed by atoms with E-state index in [1.165, 1.54) is 15.7 Å². The van der Waals surface area contributed by atoms with E-state index in [1.54, 1.807) is 7.11 Å². The minimum atomic E-state index is 0.505. The Morgan fingerprint density at radius 1 is 1.24 bits per heavy atom. The van der Waals surface area contributed by atoms with Crippen LogP contribution in [-0.2, 0) is 11.3 Å². The van der Waals surface area contributed by atoms with Crippen LogP contribution in [0.3, 0.4) is 0 Å². The van der Waals surface area contributed by atoms with Crippen molar-refractivity contribution < 1.29 is 4.74 Å². The highest BCUT2D eigenvalue weighted by Crippen LogP contribution is 2.26. The number of hydrogen-bond donors (Lipinski definition) is 1. The van der Waals surface area contributed by atoms with Gasteiger partial charge in [0.15, 0.2) is 0 Å².